The summed E-state index contributed by atoms with van der Waals surface area (Å²) in [5, 5.41) is 0. The van der Waals surface area contributed by atoms with Crippen LogP contribution in [0.3, 0.4) is 0 Å². The van der Waals surface area contributed by atoms with Crippen molar-refractivity contribution in [3.8, 4) is 5.82 Å². The maximum Gasteiger partial charge on any atom is 0.253 e. The molecule has 1 aliphatic heterocycles. The van der Waals surface area contributed by atoms with Crippen LogP contribution in [0.2, 0.25) is 0 Å². The maximum atomic E-state index is 12.8. The number of carbonyl (C=O) groups is 1. The molecule has 1 saturated heterocycles. The molecular formula is C21H25N7O. The second kappa shape index (κ2) is 7.90. The Morgan fingerprint density at radius 1 is 1.00 bits per heavy atom. The Labute approximate surface area is 170 Å². The number of carbonyl (C=O) groups excluding carboxylic acids is 1. The van der Waals surface area contributed by atoms with E-state index < -0.39 is 0 Å². The van der Waals surface area contributed by atoms with Crippen molar-refractivity contribution >= 4 is 17.4 Å². The van der Waals surface area contributed by atoms with Crippen LogP contribution in [-0.4, -0.2) is 70.6 Å². The molecule has 8 heteroatoms. The first-order valence-corrected chi connectivity index (χ1v) is 9.67. The average molecular weight is 391 g/mol. The Kier molecular flexibility index (Phi) is 5.16. The van der Waals surface area contributed by atoms with Crippen LogP contribution in [0.4, 0.5) is 11.5 Å². The molecule has 150 valence electrons. The lowest BCUT2D eigenvalue weighted by molar-refractivity contribution is 0.0746. The third-order valence-electron chi connectivity index (χ3n) is 5.10. The summed E-state index contributed by atoms with van der Waals surface area (Å²) >= 11 is 0. The molecule has 3 heterocycles. The molecule has 3 aromatic rings. The predicted molar refractivity (Wildman–Crippen MR) is 113 cm³/mol. The number of hydrogen-bond donors (Lipinski definition) is 0. The molecule has 1 aromatic carbocycles. The number of piperazine rings is 1. The highest BCUT2D eigenvalue weighted by Crippen LogP contribution is 2.19. The number of aryl methyl sites for hydroxylation is 1. The van der Waals surface area contributed by atoms with Crippen molar-refractivity contribution in [2.24, 2.45) is 0 Å². The smallest absolute Gasteiger partial charge is 0.253 e. The van der Waals surface area contributed by atoms with Gasteiger partial charge < -0.3 is 14.7 Å². The third kappa shape index (κ3) is 4.06. The molecule has 8 nitrogen and oxygen atoms in total. The van der Waals surface area contributed by atoms with Gasteiger partial charge in [0.2, 0.25) is 0 Å². The van der Waals surface area contributed by atoms with E-state index in [9.17, 15) is 4.79 Å². The first kappa shape index (κ1) is 18.9. The Hall–Kier alpha value is -3.42. The van der Waals surface area contributed by atoms with Gasteiger partial charge >= 0.3 is 0 Å². The van der Waals surface area contributed by atoms with Crippen molar-refractivity contribution in [2.45, 2.75) is 6.92 Å². The van der Waals surface area contributed by atoms with Gasteiger partial charge in [-0.2, -0.15) is 0 Å². The van der Waals surface area contributed by atoms with Crippen LogP contribution in [-0.2, 0) is 0 Å². The zero-order chi connectivity index (χ0) is 20.4. The molecule has 0 radical (unpaired) electrons. The molecule has 0 saturated carbocycles. The molecule has 0 atom stereocenters. The lowest BCUT2D eigenvalue weighted by atomic mass is 10.1. The molecule has 0 N–H and O–H groups in total. The number of benzene rings is 1. The molecule has 1 aliphatic rings. The summed E-state index contributed by atoms with van der Waals surface area (Å²) in [6, 6.07) is 9.71. The van der Waals surface area contributed by atoms with Crippen molar-refractivity contribution < 1.29 is 4.79 Å². The second-order valence-electron chi connectivity index (χ2n) is 7.32. The van der Waals surface area contributed by atoms with Gasteiger partial charge in [0.25, 0.3) is 5.91 Å². The highest BCUT2D eigenvalue weighted by atomic mass is 16.2. The predicted octanol–water partition coefficient (Wildman–Crippen LogP) is 2.00. The van der Waals surface area contributed by atoms with Crippen LogP contribution in [0.1, 0.15) is 16.2 Å². The van der Waals surface area contributed by atoms with E-state index in [4.69, 9.17) is 0 Å². The molecule has 4 rings (SSSR count). The molecule has 1 fully saturated rings. The van der Waals surface area contributed by atoms with Crippen molar-refractivity contribution in [1.82, 2.24) is 24.4 Å². The lowest BCUT2D eigenvalue weighted by Gasteiger charge is -2.35. The summed E-state index contributed by atoms with van der Waals surface area (Å²) in [5.41, 5.74) is 1.81. The molecule has 0 bridgehead atoms. The largest absolute Gasteiger partial charge is 0.378 e. The molecule has 0 spiro atoms. The number of anilines is 2. The Morgan fingerprint density at radius 2 is 1.69 bits per heavy atom. The second-order valence-corrected chi connectivity index (χ2v) is 7.32. The van der Waals surface area contributed by atoms with Gasteiger partial charge in [0.05, 0.1) is 0 Å². The van der Waals surface area contributed by atoms with Crippen LogP contribution in [0.15, 0.2) is 49.1 Å². The fourth-order valence-electron chi connectivity index (χ4n) is 3.45. The van der Waals surface area contributed by atoms with Gasteiger partial charge in [-0.15, -0.1) is 0 Å². The quantitative estimate of drug-likeness (QED) is 0.678. The SMILES string of the molecule is Cc1nc(N2CCN(C(=O)c3ccc(N(C)C)cc3)CC2)cc(-n2ccnc2)n1. The summed E-state index contributed by atoms with van der Waals surface area (Å²) < 4.78 is 1.87. The average Bonchev–Trinajstić information content (AvgIpc) is 3.28. The van der Waals surface area contributed by atoms with E-state index in [1.54, 1.807) is 12.5 Å². The fraction of sp³-hybridized carbons (Fsp3) is 0.333. The highest BCUT2D eigenvalue weighted by molar-refractivity contribution is 5.94. The van der Waals surface area contributed by atoms with Crippen molar-refractivity contribution in [2.75, 3.05) is 50.1 Å². The molecule has 0 unspecified atom stereocenters. The summed E-state index contributed by atoms with van der Waals surface area (Å²) in [4.78, 5) is 32.2. The van der Waals surface area contributed by atoms with Gasteiger partial charge in [0.1, 0.15) is 23.8 Å². The molecular weight excluding hydrogens is 366 g/mol. The van der Waals surface area contributed by atoms with E-state index in [1.165, 1.54) is 0 Å². The number of aromatic nitrogens is 4. The molecule has 0 aliphatic carbocycles. The van der Waals surface area contributed by atoms with E-state index in [-0.39, 0.29) is 5.91 Å². The number of nitrogens with zero attached hydrogens (tertiary/aromatic N) is 7. The van der Waals surface area contributed by atoms with Crippen LogP contribution in [0.25, 0.3) is 5.82 Å². The van der Waals surface area contributed by atoms with Crippen LogP contribution in [0.5, 0.6) is 0 Å². The van der Waals surface area contributed by atoms with Crippen LogP contribution < -0.4 is 9.80 Å². The van der Waals surface area contributed by atoms with Crippen molar-refractivity contribution in [3.63, 3.8) is 0 Å². The number of rotatable bonds is 4. The van der Waals surface area contributed by atoms with Gasteiger partial charge in [-0.3, -0.25) is 9.36 Å². The van der Waals surface area contributed by atoms with Crippen LogP contribution >= 0.6 is 0 Å². The summed E-state index contributed by atoms with van der Waals surface area (Å²) in [6.45, 7) is 4.69. The minimum atomic E-state index is 0.0768. The topological polar surface area (TPSA) is 70.4 Å². The number of imidazole rings is 1. The van der Waals surface area contributed by atoms with E-state index in [0.717, 1.165) is 36.0 Å². The van der Waals surface area contributed by atoms with Gasteiger partial charge in [-0.1, -0.05) is 0 Å². The minimum Gasteiger partial charge on any atom is -0.378 e. The van der Waals surface area contributed by atoms with E-state index in [2.05, 4.69) is 19.9 Å². The summed E-state index contributed by atoms with van der Waals surface area (Å²) in [5.74, 6) is 2.46. The zero-order valence-corrected chi connectivity index (χ0v) is 17.0. The Morgan fingerprint density at radius 3 is 2.31 bits per heavy atom. The molecule has 1 amide bonds. The number of hydrogen-bond acceptors (Lipinski definition) is 6. The third-order valence-corrected chi connectivity index (χ3v) is 5.10. The number of amides is 1. The van der Waals surface area contributed by atoms with Crippen LogP contribution in [0, 0.1) is 6.92 Å². The maximum absolute atomic E-state index is 12.8. The first-order valence-electron chi connectivity index (χ1n) is 9.67. The zero-order valence-electron chi connectivity index (χ0n) is 17.0. The van der Waals surface area contributed by atoms with Gasteiger partial charge in [0.15, 0.2) is 0 Å². The monoisotopic (exact) mass is 391 g/mol. The van der Waals surface area contributed by atoms with Crippen molar-refractivity contribution in [1.29, 1.82) is 0 Å². The van der Waals surface area contributed by atoms with E-state index >= 15 is 0 Å². The summed E-state index contributed by atoms with van der Waals surface area (Å²) in [6.07, 6.45) is 5.32. The summed E-state index contributed by atoms with van der Waals surface area (Å²) in [7, 11) is 3.98. The normalized spacial score (nSPS) is 14.2. The Balaban J connectivity index is 1.43. The van der Waals surface area contributed by atoms with E-state index in [1.807, 2.05) is 71.9 Å². The standard InChI is InChI=1S/C21H25N7O/c1-16-23-19(14-20(24-16)28-9-8-22-15-28)26-10-12-27(13-11-26)21(29)17-4-6-18(7-5-17)25(2)3/h4-9,14-15H,10-13H2,1-3H3. The minimum absolute atomic E-state index is 0.0768. The van der Waals surface area contributed by atoms with Gasteiger partial charge in [-0.25, -0.2) is 15.0 Å². The first-order chi connectivity index (χ1) is 14.0. The highest BCUT2D eigenvalue weighted by Gasteiger charge is 2.23. The lowest BCUT2D eigenvalue weighted by Crippen LogP contribution is -2.49. The molecule has 29 heavy (non-hydrogen) atoms. The van der Waals surface area contributed by atoms with Gasteiger partial charge in [-0.05, 0) is 31.2 Å². The van der Waals surface area contributed by atoms with Crippen molar-refractivity contribution in [3.05, 3.63) is 60.4 Å². The van der Waals surface area contributed by atoms with E-state index in [0.29, 0.717) is 18.9 Å². The molecule has 2 aromatic heterocycles. The Bertz CT molecular complexity index is 975. The van der Waals surface area contributed by atoms with Gasteiger partial charge in [0, 0.05) is 70.0 Å². The fourth-order valence-corrected chi connectivity index (χ4v) is 3.45.